The molecule has 1 saturated heterocycles. The van der Waals surface area contributed by atoms with Crippen LogP contribution in [0.4, 0.5) is 13.2 Å². The number of methoxy groups -OCH3 is 1. The molecule has 1 atom stereocenters. The summed E-state index contributed by atoms with van der Waals surface area (Å²) in [5.41, 5.74) is 3.44. The number of alkyl halides is 3. The summed E-state index contributed by atoms with van der Waals surface area (Å²) in [7, 11) is 1.55. The molecule has 2 heterocycles. The first-order chi connectivity index (χ1) is 17.9. The van der Waals surface area contributed by atoms with Crippen LogP contribution in [-0.4, -0.2) is 57.9 Å². The van der Waals surface area contributed by atoms with Crippen molar-refractivity contribution >= 4 is 0 Å². The third-order valence-corrected chi connectivity index (χ3v) is 6.58. The predicted molar refractivity (Wildman–Crippen MR) is 133 cm³/mol. The van der Waals surface area contributed by atoms with E-state index in [1.807, 2.05) is 12.1 Å². The van der Waals surface area contributed by atoms with Crippen molar-refractivity contribution in [1.82, 2.24) is 30.4 Å². The van der Waals surface area contributed by atoms with Crippen LogP contribution in [0, 0.1) is 0 Å². The van der Waals surface area contributed by atoms with Crippen LogP contribution in [0.2, 0.25) is 0 Å². The molecule has 5 rings (SSSR count). The van der Waals surface area contributed by atoms with Crippen LogP contribution in [0.3, 0.4) is 0 Å². The minimum absolute atomic E-state index is 0.0591. The topological polar surface area (TPSA) is 68.1 Å². The number of aromatic nitrogens is 4. The Hall–Kier alpha value is -3.76. The summed E-state index contributed by atoms with van der Waals surface area (Å²) in [6.45, 7) is 2.40. The van der Waals surface area contributed by atoms with Crippen molar-refractivity contribution in [3.8, 4) is 11.4 Å². The van der Waals surface area contributed by atoms with Gasteiger partial charge >= 0.3 is 6.18 Å². The smallest absolute Gasteiger partial charge is 0.453 e. The average molecular weight is 509 g/mol. The van der Waals surface area contributed by atoms with Crippen LogP contribution in [-0.2, 0) is 12.6 Å². The van der Waals surface area contributed by atoms with E-state index in [4.69, 9.17) is 4.74 Å². The first-order valence-corrected chi connectivity index (χ1v) is 12.0. The van der Waals surface area contributed by atoms with Gasteiger partial charge in [-0.15, -0.1) is 5.10 Å². The first-order valence-electron chi connectivity index (χ1n) is 12.0. The van der Waals surface area contributed by atoms with Crippen LogP contribution in [0.5, 0.6) is 5.75 Å². The van der Waals surface area contributed by atoms with Gasteiger partial charge in [0.25, 0.3) is 5.82 Å². The number of halogens is 3. The summed E-state index contributed by atoms with van der Waals surface area (Å²) < 4.78 is 46.4. The standard InChI is InChI=1S/C27H27F3N6O/c1-37-24-13-12-23(36-26(27(28,29)30)32-33-34-36)17-21(24)16-22-18-35(15-14-31-22)25(19-8-4-2-5-9-19)20-10-6-3-7-11-20/h2-13,17,22,25,31H,14-16,18H2,1H3/t22-/m0/s1. The lowest BCUT2D eigenvalue weighted by atomic mass is 9.94. The molecule has 0 radical (unpaired) electrons. The number of hydrogen-bond acceptors (Lipinski definition) is 6. The molecule has 4 aromatic rings. The molecule has 37 heavy (non-hydrogen) atoms. The van der Waals surface area contributed by atoms with E-state index in [1.54, 1.807) is 19.2 Å². The van der Waals surface area contributed by atoms with Crippen LogP contribution in [0.25, 0.3) is 5.69 Å². The molecule has 1 fully saturated rings. The molecule has 7 nitrogen and oxygen atoms in total. The zero-order valence-corrected chi connectivity index (χ0v) is 20.3. The van der Waals surface area contributed by atoms with Crippen molar-refractivity contribution in [1.29, 1.82) is 0 Å². The number of rotatable bonds is 7. The molecule has 1 aromatic heterocycles. The highest BCUT2D eigenvalue weighted by Crippen LogP contribution is 2.32. The predicted octanol–water partition coefficient (Wildman–Crippen LogP) is 4.30. The van der Waals surface area contributed by atoms with Crippen LogP contribution >= 0.6 is 0 Å². The lowest BCUT2D eigenvalue weighted by Crippen LogP contribution is -2.52. The minimum atomic E-state index is -4.67. The monoisotopic (exact) mass is 508 g/mol. The summed E-state index contributed by atoms with van der Waals surface area (Å²) >= 11 is 0. The quantitative estimate of drug-likeness (QED) is 0.402. The first kappa shape index (κ1) is 24.9. The molecule has 0 bridgehead atoms. The van der Waals surface area contributed by atoms with Gasteiger partial charge < -0.3 is 10.1 Å². The van der Waals surface area contributed by atoms with Gasteiger partial charge in [0.2, 0.25) is 0 Å². The molecule has 3 aromatic carbocycles. The molecule has 0 amide bonds. The Bertz CT molecular complexity index is 1270. The fourth-order valence-electron chi connectivity index (χ4n) is 4.97. The Morgan fingerprint density at radius 2 is 1.68 bits per heavy atom. The Morgan fingerprint density at radius 3 is 2.30 bits per heavy atom. The van der Waals surface area contributed by atoms with Gasteiger partial charge in [-0.1, -0.05) is 60.7 Å². The van der Waals surface area contributed by atoms with Gasteiger partial charge in [0.05, 0.1) is 18.8 Å². The summed E-state index contributed by atoms with van der Waals surface area (Å²) in [5.74, 6) is -0.564. The van der Waals surface area contributed by atoms with Crippen molar-refractivity contribution < 1.29 is 17.9 Å². The third kappa shape index (κ3) is 5.50. The van der Waals surface area contributed by atoms with Crippen molar-refractivity contribution in [3.05, 3.63) is 101 Å². The zero-order valence-electron chi connectivity index (χ0n) is 20.3. The van der Waals surface area contributed by atoms with Gasteiger partial charge in [-0.25, -0.2) is 0 Å². The molecule has 10 heteroatoms. The number of tetrazole rings is 1. The second kappa shape index (κ2) is 10.7. The molecule has 1 aliphatic heterocycles. The van der Waals surface area contributed by atoms with Crippen LogP contribution in [0.15, 0.2) is 78.9 Å². The van der Waals surface area contributed by atoms with E-state index >= 15 is 0 Å². The highest BCUT2D eigenvalue weighted by atomic mass is 19.4. The minimum Gasteiger partial charge on any atom is -0.496 e. The highest BCUT2D eigenvalue weighted by molar-refractivity contribution is 5.45. The van der Waals surface area contributed by atoms with Crippen LogP contribution in [0.1, 0.15) is 28.6 Å². The maximum Gasteiger partial charge on any atom is 0.453 e. The lowest BCUT2D eigenvalue weighted by molar-refractivity contribution is -0.146. The molecule has 192 valence electrons. The fraction of sp³-hybridized carbons (Fsp3) is 0.296. The van der Waals surface area contributed by atoms with Gasteiger partial charge in [0.1, 0.15) is 5.75 Å². The van der Waals surface area contributed by atoms with E-state index in [2.05, 4.69) is 74.3 Å². The second-order valence-corrected chi connectivity index (χ2v) is 8.98. The number of benzene rings is 3. The maximum absolute atomic E-state index is 13.4. The number of hydrogen-bond donors (Lipinski definition) is 1. The normalized spacial score (nSPS) is 16.7. The maximum atomic E-state index is 13.4. The van der Waals surface area contributed by atoms with E-state index in [0.29, 0.717) is 16.9 Å². The molecule has 0 unspecified atom stereocenters. The van der Waals surface area contributed by atoms with Crippen molar-refractivity contribution in [2.24, 2.45) is 0 Å². The number of ether oxygens (including phenoxy) is 1. The van der Waals surface area contributed by atoms with Gasteiger partial charge in [0.15, 0.2) is 0 Å². The summed E-state index contributed by atoms with van der Waals surface area (Å²) in [6.07, 6.45) is -4.10. The second-order valence-electron chi connectivity index (χ2n) is 8.98. The fourth-order valence-corrected chi connectivity index (χ4v) is 4.97. The lowest BCUT2D eigenvalue weighted by Gasteiger charge is -2.39. The molecule has 1 aliphatic rings. The van der Waals surface area contributed by atoms with Gasteiger partial charge in [-0.3, -0.25) is 4.90 Å². The Balaban J connectivity index is 1.42. The van der Waals surface area contributed by atoms with Gasteiger partial charge in [0, 0.05) is 25.7 Å². The number of piperazine rings is 1. The van der Waals surface area contributed by atoms with Crippen molar-refractivity contribution in [2.75, 3.05) is 26.7 Å². The van der Waals surface area contributed by atoms with Crippen molar-refractivity contribution in [2.45, 2.75) is 24.7 Å². The number of nitrogens with zero attached hydrogens (tertiary/aromatic N) is 5. The molecular weight excluding hydrogens is 481 g/mol. The molecule has 0 saturated carbocycles. The van der Waals surface area contributed by atoms with Crippen LogP contribution < -0.4 is 10.1 Å². The number of nitrogens with one attached hydrogen (secondary N) is 1. The van der Waals surface area contributed by atoms with E-state index in [9.17, 15) is 13.2 Å². The highest BCUT2D eigenvalue weighted by Gasteiger charge is 2.38. The Labute approximate surface area is 212 Å². The molecule has 0 spiro atoms. The largest absolute Gasteiger partial charge is 0.496 e. The third-order valence-electron chi connectivity index (χ3n) is 6.58. The SMILES string of the molecule is COc1ccc(-n2nnnc2C(F)(F)F)cc1C[C@H]1CN(C(c2ccccc2)c2ccccc2)CCN1. The summed E-state index contributed by atoms with van der Waals surface area (Å²) in [5, 5.41) is 13.5. The summed E-state index contributed by atoms with van der Waals surface area (Å²) in [4.78, 5) is 2.45. The average Bonchev–Trinajstić information content (AvgIpc) is 3.42. The molecule has 0 aliphatic carbocycles. The molecular formula is C27H27F3N6O. The Kier molecular flexibility index (Phi) is 7.20. The van der Waals surface area contributed by atoms with E-state index in [1.165, 1.54) is 17.2 Å². The van der Waals surface area contributed by atoms with Gasteiger partial charge in [-0.2, -0.15) is 17.9 Å². The zero-order chi connectivity index (χ0) is 25.8. The van der Waals surface area contributed by atoms with E-state index in [-0.39, 0.29) is 17.8 Å². The Morgan fingerprint density at radius 1 is 1.00 bits per heavy atom. The van der Waals surface area contributed by atoms with E-state index in [0.717, 1.165) is 25.2 Å². The summed E-state index contributed by atoms with van der Waals surface area (Å²) in [6, 6.07) is 25.8. The van der Waals surface area contributed by atoms with E-state index < -0.39 is 12.0 Å². The van der Waals surface area contributed by atoms with Crippen molar-refractivity contribution in [3.63, 3.8) is 0 Å². The molecule has 1 N–H and O–H groups in total. The van der Waals surface area contributed by atoms with Gasteiger partial charge in [-0.05, 0) is 51.7 Å².